The Balaban J connectivity index is 1.59. The number of rotatable bonds is 7. The molecule has 0 saturated carbocycles. The summed E-state index contributed by atoms with van der Waals surface area (Å²) < 4.78 is 0. The lowest BCUT2D eigenvalue weighted by molar-refractivity contribution is -0.122. The fraction of sp³-hybridized carbons (Fsp3) is 0.391. The standard InChI is InChI=1S/C23H29N3O2/c1-2-12-24-22(27)18-25-13-15-26(16-14-25)23(28)21-11-7-6-10-20(21)17-19-8-4-3-5-9-19/h3-11H,2,12-18H2,1H3,(H,24,27). The van der Waals surface area contributed by atoms with Crippen LogP contribution in [0.5, 0.6) is 0 Å². The Morgan fingerprint density at radius 2 is 1.61 bits per heavy atom. The van der Waals surface area contributed by atoms with Crippen molar-refractivity contribution in [3.05, 3.63) is 71.3 Å². The van der Waals surface area contributed by atoms with Crippen LogP contribution in [0, 0.1) is 0 Å². The van der Waals surface area contributed by atoms with Gasteiger partial charge in [-0.2, -0.15) is 0 Å². The molecule has 1 aliphatic rings. The predicted octanol–water partition coefficient (Wildman–Crippen LogP) is 2.56. The number of carbonyl (C=O) groups excluding carboxylic acids is 2. The van der Waals surface area contributed by atoms with Gasteiger partial charge >= 0.3 is 0 Å². The van der Waals surface area contributed by atoms with Crippen LogP contribution in [-0.4, -0.2) is 60.9 Å². The van der Waals surface area contributed by atoms with Crippen LogP contribution >= 0.6 is 0 Å². The first-order valence-corrected chi connectivity index (χ1v) is 10.1. The fourth-order valence-corrected chi connectivity index (χ4v) is 3.50. The van der Waals surface area contributed by atoms with Crippen LogP contribution in [0.25, 0.3) is 0 Å². The van der Waals surface area contributed by atoms with E-state index in [0.717, 1.165) is 43.6 Å². The molecule has 1 saturated heterocycles. The summed E-state index contributed by atoms with van der Waals surface area (Å²) in [4.78, 5) is 29.0. The van der Waals surface area contributed by atoms with Crippen molar-refractivity contribution < 1.29 is 9.59 Å². The molecule has 3 rings (SSSR count). The maximum absolute atomic E-state index is 13.1. The van der Waals surface area contributed by atoms with Crippen molar-refractivity contribution in [2.24, 2.45) is 0 Å². The van der Waals surface area contributed by atoms with Gasteiger partial charge < -0.3 is 10.2 Å². The minimum Gasteiger partial charge on any atom is -0.355 e. The first-order chi connectivity index (χ1) is 13.7. The monoisotopic (exact) mass is 379 g/mol. The number of carbonyl (C=O) groups is 2. The molecule has 0 atom stereocenters. The summed E-state index contributed by atoms with van der Waals surface area (Å²) in [6.45, 7) is 5.93. The van der Waals surface area contributed by atoms with Gasteiger partial charge in [-0.25, -0.2) is 0 Å². The lowest BCUT2D eigenvalue weighted by atomic mass is 9.99. The van der Waals surface area contributed by atoms with E-state index in [-0.39, 0.29) is 11.8 Å². The molecule has 0 spiro atoms. The highest BCUT2D eigenvalue weighted by molar-refractivity contribution is 5.96. The molecule has 28 heavy (non-hydrogen) atoms. The van der Waals surface area contributed by atoms with Crippen LogP contribution < -0.4 is 5.32 Å². The molecule has 0 aliphatic carbocycles. The summed E-state index contributed by atoms with van der Waals surface area (Å²) in [5.74, 6) is 0.149. The highest BCUT2D eigenvalue weighted by atomic mass is 16.2. The van der Waals surface area contributed by atoms with Crippen LogP contribution in [0.15, 0.2) is 54.6 Å². The highest BCUT2D eigenvalue weighted by Gasteiger charge is 2.24. The Morgan fingerprint density at radius 3 is 2.32 bits per heavy atom. The molecule has 1 aliphatic heterocycles. The first kappa shape index (κ1) is 20.1. The number of hydrogen-bond acceptors (Lipinski definition) is 3. The van der Waals surface area contributed by atoms with E-state index in [1.807, 2.05) is 54.3 Å². The minimum atomic E-state index is 0.0647. The number of piperazine rings is 1. The lowest BCUT2D eigenvalue weighted by Crippen LogP contribution is -2.51. The molecule has 2 aromatic carbocycles. The molecule has 5 nitrogen and oxygen atoms in total. The molecule has 5 heteroatoms. The summed E-state index contributed by atoms with van der Waals surface area (Å²) in [5.41, 5.74) is 3.03. The minimum absolute atomic E-state index is 0.0647. The summed E-state index contributed by atoms with van der Waals surface area (Å²) in [6.07, 6.45) is 1.69. The molecule has 2 aromatic rings. The van der Waals surface area contributed by atoms with Crippen molar-refractivity contribution in [1.29, 1.82) is 0 Å². The predicted molar refractivity (Wildman–Crippen MR) is 111 cm³/mol. The first-order valence-electron chi connectivity index (χ1n) is 10.1. The van der Waals surface area contributed by atoms with Gasteiger partial charge in [0.2, 0.25) is 5.91 Å². The van der Waals surface area contributed by atoms with Crippen molar-refractivity contribution in [2.45, 2.75) is 19.8 Å². The molecule has 148 valence electrons. The quantitative estimate of drug-likeness (QED) is 0.804. The number of amides is 2. The molecule has 1 heterocycles. The summed E-state index contributed by atoms with van der Waals surface area (Å²) in [6, 6.07) is 18.1. The third-order valence-electron chi connectivity index (χ3n) is 5.08. The smallest absolute Gasteiger partial charge is 0.254 e. The second-order valence-electron chi connectivity index (χ2n) is 7.24. The number of nitrogens with zero attached hydrogens (tertiary/aromatic N) is 2. The van der Waals surface area contributed by atoms with Crippen molar-refractivity contribution in [1.82, 2.24) is 15.1 Å². The van der Waals surface area contributed by atoms with E-state index in [0.29, 0.717) is 19.6 Å². The Morgan fingerprint density at radius 1 is 0.929 bits per heavy atom. The summed E-state index contributed by atoms with van der Waals surface area (Å²) in [7, 11) is 0. The molecule has 0 radical (unpaired) electrons. The van der Waals surface area contributed by atoms with Gasteiger partial charge in [0.25, 0.3) is 5.91 Å². The van der Waals surface area contributed by atoms with E-state index in [9.17, 15) is 9.59 Å². The van der Waals surface area contributed by atoms with Gasteiger partial charge in [-0.05, 0) is 30.0 Å². The van der Waals surface area contributed by atoms with E-state index in [1.54, 1.807) is 0 Å². The van der Waals surface area contributed by atoms with Gasteiger partial charge in [0.15, 0.2) is 0 Å². The van der Waals surface area contributed by atoms with Gasteiger partial charge in [-0.3, -0.25) is 14.5 Å². The molecule has 2 amide bonds. The van der Waals surface area contributed by atoms with Crippen molar-refractivity contribution >= 4 is 11.8 Å². The Kier molecular flexibility index (Phi) is 7.20. The zero-order valence-electron chi connectivity index (χ0n) is 16.6. The Hall–Kier alpha value is -2.66. The summed E-state index contributed by atoms with van der Waals surface area (Å²) >= 11 is 0. The van der Waals surface area contributed by atoms with Crippen molar-refractivity contribution in [3.8, 4) is 0 Å². The van der Waals surface area contributed by atoms with Gasteiger partial charge in [0.05, 0.1) is 6.54 Å². The van der Waals surface area contributed by atoms with E-state index in [4.69, 9.17) is 0 Å². The second kappa shape index (κ2) is 10.0. The topological polar surface area (TPSA) is 52.7 Å². The van der Waals surface area contributed by atoms with Crippen LogP contribution in [-0.2, 0) is 11.2 Å². The van der Waals surface area contributed by atoms with Gasteiger partial charge in [-0.15, -0.1) is 0 Å². The van der Waals surface area contributed by atoms with Gasteiger partial charge in [-0.1, -0.05) is 55.5 Å². The molecular formula is C23H29N3O2. The largest absolute Gasteiger partial charge is 0.355 e. The third-order valence-corrected chi connectivity index (χ3v) is 5.08. The van der Waals surface area contributed by atoms with E-state index in [1.165, 1.54) is 5.56 Å². The second-order valence-corrected chi connectivity index (χ2v) is 7.24. The highest BCUT2D eigenvalue weighted by Crippen LogP contribution is 2.17. The molecule has 0 bridgehead atoms. The van der Waals surface area contributed by atoms with Gasteiger partial charge in [0.1, 0.15) is 0 Å². The lowest BCUT2D eigenvalue weighted by Gasteiger charge is -2.34. The SMILES string of the molecule is CCCNC(=O)CN1CCN(C(=O)c2ccccc2Cc2ccccc2)CC1. The van der Waals surface area contributed by atoms with Crippen LogP contribution in [0.2, 0.25) is 0 Å². The zero-order valence-corrected chi connectivity index (χ0v) is 16.6. The average Bonchev–Trinajstić information content (AvgIpc) is 2.73. The van der Waals surface area contributed by atoms with Crippen LogP contribution in [0.4, 0.5) is 0 Å². The molecule has 1 fully saturated rings. The normalized spacial score (nSPS) is 14.7. The average molecular weight is 380 g/mol. The van der Waals surface area contributed by atoms with Gasteiger partial charge in [0, 0.05) is 38.3 Å². The van der Waals surface area contributed by atoms with Crippen molar-refractivity contribution in [3.63, 3.8) is 0 Å². The zero-order chi connectivity index (χ0) is 19.8. The number of hydrogen-bond donors (Lipinski definition) is 1. The third kappa shape index (κ3) is 5.42. The Bertz CT molecular complexity index is 783. The van der Waals surface area contributed by atoms with E-state index in [2.05, 4.69) is 22.3 Å². The number of nitrogens with one attached hydrogen (secondary N) is 1. The summed E-state index contributed by atoms with van der Waals surface area (Å²) in [5, 5.41) is 2.91. The number of benzene rings is 2. The molecule has 0 unspecified atom stereocenters. The van der Waals surface area contributed by atoms with E-state index < -0.39 is 0 Å². The molecular weight excluding hydrogens is 350 g/mol. The fourth-order valence-electron chi connectivity index (χ4n) is 3.50. The molecule has 0 aromatic heterocycles. The van der Waals surface area contributed by atoms with E-state index >= 15 is 0 Å². The van der Waals surface area contributed by atoms with Crippen LogP contribution in [0.1, 0.15) is 34.8 Å². The van der Waals surface area contributed by atoms with Crippen LogP contribution in [0.3, 0.4) is 0 Å². The maximum atomic E-state index is 13.1. The Labute approximate surface area is 167 Å². The molecule has 1 N–H and O–H groups in total. The van der Waals surface area contributed by atoms with Crippen molar-refractivity contribution in [2.75, 3.05) is 39.3 Å². The maximum Gasteiger partial charge on any atom is 0.254 e.